The van der Waals surface area contributed by atoms with E-state index in [-0.39, 0.29) is 18.4 Å². The molecule has 3 aliphatic rings. The molecule has 0 radical (unpaired) electrons. The van der Waals surface area contributed by atoms with Crippen LogP contribution in [0.4, 0.5) is 0 Å². The van der Waals surface area contributed by atoms with E-state index in [1.807, 2.05) is 47.4 Å². The van der Waals surface area contributed by atoms with Crippen molar-refractivity contribution in [2.75, 3.05) is 45.9 Å². The first kappa shape index (κ1) is 23.6. The topological polar surface area (TPSA) is 97.7 Å². The maximum atomic E-state index is 13.5. The van der Waals surface area contributed by atoms with E-state index in [4.69, 9.17) is 9.47 Å². The highest BCUT2D eigenvalue weighted by Gasteiger charge is 2.40. The maximum Gasteiger partial charge on any atom is 0.278 e. The van der Waals surface area contributed by atoms with Crippen molar-refractivity contribution in [3.63, 3.8) is 0 Å². The van der Waals surface area contributed by atoms with Crippen LogP contribution in [0.3, 0.4) is 0 Å². The van der Waals surface area contributed by atoms with Crippen molar-refractivity contribution in [3.05, 3.63) is 54.4 Å². The smallest absolute Gasteiger partial charge is 0.278 e. The SMILES string of the molecule is O=C1c2nn(-c3ccccc3)cc2OC/C=C\CC2(CNCCO2)C(=O)NCCC2CCCN1C2. The molecule has 3 aliphatic heterocycles. The van der Waals surface area contributed by atoms with Gasteiger partial charge in [0.2, 0.25) is 0 Å². The van der Waals surface area contributed by atoms with Gasteiger partial charge in [0.15, 0.2) is 17.0 Å². The Hall–Kier alpha value is -3.17. The summed E-state index contributed by atoms with van der Waals surface area (Å²) in [6, 6.07) is 9.70. The van der Waals surface area contributed by atoms with Crippen LogP contribution in [-0.2, 0) is 9.53 Å². The van der Waals surface area contributed by atoms with Crippen LogP contribution in [0.25, 0.3) is 5.69 Å². The quantitative estimate of drug-likeness (QED) is 0.607. The van der Waals surface area contributed by atoms with Gasteiger partial charge in [-0.15, -0.1) is 0 Å². The standard InChI is InChI=1S/C26H33N5O4/c32-24-23-22(18-31(29-23)21-8-2-1-3-9-21)34-15-5-4-11-26(19-27-13-16-35-26)25(33)28-12-10-20-7-6-14-30(24)17-20/h1-5,8-9,18,20,27H,6-7,10-17,19H2,(H,28,33)/b5-4-. The number of carbonyl (C=O) groups is 2. The van der Waals surface area contributed by atoms with Crippen molar-refractivity contribution in [3.8, 4) is 11.4 Å². The molecule has 35 heavy (non-hydrogen) atoms. The lowest BCUT2D eigenvalue weighted by molar-refractivity contribution is -0.150. The van der Waals surface area contributed by atoms with Gasteiger partial charge in [0.25, 0.3) is 11.8 Å². The van der Waals surface area contributed by atoms with E-state index in [1.54, 1.807) is 10.9 Å². The Morgan fingerprint density at radius 3 is 2.80 bits per heavy atom. The zero-order valence-electron chi connectivity index (χ0n) is 19.9. The second-order valence-electron chi connectivity index (χ2n) is 9.43. The van der Waals surface area contributed by atoms with Crippen molar-refractivity contribution in [2.45, 2.75) is 31.3 Å². The molecule has 1 aromatic heterocycles. The second kappa shape index (κ2) is 10.6. The number of amides is 2. The number of ether oxygens (including phenoxy) is 2. The molecular formula is C26H33N5O4. The Bertz CT molecular complexity index is 1060. The molecule has 4 heterocycles. The van der Waals surface area contributed by atoms with Crippen molar-refractivity contribution >= 4 is 11.8 Å². The summed E-state index contributed by atoms with van der Waals surface area (Å²) in [5.41, 5.74) is 0.284. The van der Waals surface area contributed by atoms with Crippen molar-refractivity contribution in [1.82, 2.24) is 25.3 Å². The average Bonchev–Trinajstić information content (AvgIpc) is 3.33. The lowest BCUT2D eigenvalue weighted by Gasteiger charge is -2.36. The number of para-hydroxylation sites is 1. The summed E-state index contributed by atoms with van der Waals surface area (Å²) in [5, 5.41) is 11.0. The molecule has 0 saturated carbocycles. The van der Waals surface area contributed by atoms with Crippen molar-refractivity contribution < 1.29 is 19.1 Å². The van der Waals surface area contributed by atoms with Crippen LogP contribution in [0, 0.1) is 5.92 Å². The molecule has 2 fully saturated rings. The third-order valence-corrected chi connectivity index (χ3v) is 6.98. The number of benzene rings is 1. The van der Waals surface area contributed by atoms with E-state index in [2.05, 4.69) is 15.7 Å². The number of hydrogen-bond acceptors (Lipinski definition) is 6. The van der Waals surface area contributed by atoms with Crippen LogP contribution in [0.2, 0.25) is 0 Å². The molecule has 9 heteroatoms. The van der Waals surface area contributed by atoms with E-state index in [0.717, 1.165) is 31.5 Å². The zero-order valence-corrected chi connectivity index (χ0v) is 19.9. The fraction of sp³-hybridized carbons (Fsp3) is 0.500. The van der Waals surface area contributed by atoms with Crippen LogP contribution in [-0.4, -0.2) is 78.0 Å². The van der Waals surface area contributed by atoms with Gasteiger partial charge in [0.05, 0.1) is 18.5 Å². The second-order valence-corrected chi connectivity index (χ2v) is 9.43. The van der Waals surface area contributed by atoms with Crippen LogP contribution >= 0.6 is 0 Å². The van der Waals surface area contributed by atoms with E-state index < -0.39 is 5.60 Å². The molecule has 2 unspecified atom stereocenters. The fourth-order valence-electron chi connectivity index (χ4n) is 5.02. The number of nitrogens with one attached hydrogen (secondary N) is 2. The van der Waals surface area contributed by atoms with Crippen LogP contribution in [0.1, 0.15) is 36.2 Å². The van der Waals surface area contributed by atoms with E-state index in [1.165, 1.54) is 0 Å². The molecule has 1 aromatic carbocycles. The Morgan fingerprint density at radius 1 is 1.09 bits per heavy atom. The lowest BCUT2D eigenvalue weighted by atomic mass is 9.93. The molecule has 9 nitrogen and oxygen atoms in total. The number of hydrogen-bond donors (Lipinski definition) is 2. The highest BCUT2D eigenvalue weighted by molar-refractivity contribution is 5.95. The molecule has 1 spiro atoms. The minimum Gasteiger partial charge on any atom is -0.485 e. The van der Waals surface area contributed by atoms with Crippen LogP contribution in [0.5, 0.6) is 5.75 Å². The summed E-state index contributed by atoms with van der Waals surface area (Å²) < 4.78 is 13.7. The lowest BCUT2D eigenvalue weighted by Crippen LogP contribution is -2.58. The third kappa shape index (κ3) is 5.26. The van der Waals surface area contributed by atoms with Gasteiger partial charge in [-0.1, -0.05) is 30.4 Å². The highest BCUT2D eigenvalue weighted by atomic mass is 16.5. The Kier molecular flexibility index (Phi) is 7.15. The van der Waals surface area contributed by atoms with Gasteiger partial charge in [0, 0.05) is 39.1 Å². The van der Waals surface area contributed by atoms with Gasteiger partial charge < -0.3 is 25.0 Å². The average molecular weight is 480 g/mol. The normalized spacial score (nSPS) is 27.1. The largest absolute Gasteiger partial charge is 0.485 e. The van der Waals surface area contributed by atoms with Crippen molar-refractivity contribution in [2.24, 2.45) is 5.92 Å². The molecule has 2 aromatic rings. The van der Waals surface area contributed by atoms with E-state index >= 15 is 0 Å². The zero-order chi connectivity index (χ0) is 24.1. The molecule has 186 valence electrons. The monoisotopic (exact) mass is 479 g/mol. The number of morpholine rings is 1. The van der Waals surface area contributed by atoms with Gasteiger partial charge in [-0.25, -0.2) is 4.68 Å². The van der Waals surface area contributed by atoms with Gasteiger partial charge in [-0.05, 0) is 37.3 Å². The first-order chi connectivity index (χ1) is 17.1. The minimum atomic E-state index is -0.913. The Morgan fingerprint density at radius 2 is 1.97 bits per heavy atom. The minimum absolute atomic E-state index is 0.0856. The molecular weight excluding hydrogens is 446 g/mol. The molecule has 2 atom stereocenters. The molecule has 0 aliphatic carbocycles. The Balaban J connectivity index is 1.42. The van der Waals surface area contributed by atoms with Crippen LogP contribution < -0.4 is 15.4 Å². The van der Waals surface area contributed by atoms with E-state index in [9.17, 15) is 9.59 Å². The third-order valence-electron chi connectivity index (χ3n) is 6.98. The summed E-state index contributed by atoms with van der Waals surface area (Å²) in [6.45, 7) is 3.88. The molecule has 2 amide bonds. The summed E-state index contributed by atoms with van der Waals surface area (Å²) in [4.78, 5) is 28.5. The number of aromatic nitrogens is 2. The van der Waals surface area contributed by atoms with E-state index in [0.29, 0.717) is 56.6 Å². The van der Waals surface area contributed by atoms with Gasteiger partial charge in [0.1, 0.15) is 6.61 Å². The molecule has 2 bridgehead atoms. The summed E-state index contributed by atoms with van der Waals surface area (Å²) >= 11 is 0. The molecule has 2 saturated heterocycles. The number of nitrogens with zero attached hydrogens (tertiary/aromatic N) is 3. The van der Waals surface area contributed by atoms with Gasteiger partial charge in [-0.3, -0.25) is 9.59 Å². The highest BCUT2D eigenvalue weighted by Crippen LogP contribution is 2.26. The van der Waals surface area contributed by atoms with Crippen molar-refractivity contribution in [1.29, 1.82) is 0 Å². The number of fused-ring (bicyclic) bond motifs is 3. The summed E-state index contributed by atoms with van der Waals surface area (Å²) in [6.07, 6.45) is 8.78. The number of rotatable bonds is 1. The first-order valence-electron chi connectivity index (χ1n) is 12.5. The van der Waals surface area contributed by atoms with Gasteiger partial charge in [-0.2, -0.15) is 5.10 Å². The van der Waals surface area contributed by atoms with Crippen LogP contribution in [0.15, 0.2) is 48.7 Å². The predicted molar refractivity (Wildman–Crippen MR) is 131 cm³/mol. The maximum absolute atomic E-state index is 13.5. The summed E-state index contributed by atoms with van der Waals surface area (Å²) in [7, 11) is 0. The summed E-state index contributed by atoms with van der Waals surface area (Å²) in [5.74, 6) is 0.584. The molecule has 2 N–H and O–H groups in total. The number of carbonyl (C=O) groups excluding carboxylic acids is 2. The predicted octanol–water partition coefficient (Wildman–Crippen LogP) is 1.93. The number of piperidine rings is 1. The van der Waals surface area contributed by atoms with Gasteiger partial charge >= 0.3 is 0 Å². The molecule has 5 rings (SSSR count). The Labute approximate surface area is 205 Å². The first-order valence-corrected chi connectivity index (χ1v) is 12.5. The fourth-order valence-corrected chi connectivity index (χ4v) is 5.02.